The quantitative estimate of drug-likeness (QED) is 0.876. The lowest BCUT2D eigenvalue weighted by molar-refractivity contribution is 0.0941. The molecule has 2 rings (SSSR count). The van der Waals surface area contributed by atoms with Crippen LogP contribution in [0.1, 0.15) is 47.1 Å². The molecular weight excluding hydrogens is 256 g/mol. The van der Waals surface area contributed by atoms with Gasteiger partial charge in [-0.1, -0.05) is 43.3 Å². The van der Waals surface area contributed by atoms with Crippen molar-refractivity contribution in [3.05, 3.63) is 52.9 Å². The standard InChI is InChI=1S/C15H18N2O3/c1-10(2)14-7-13(17-20-14)15(19)16-8-11-5-3-4-6-12(11)9-18/h3-7,10,18H,8-9H2,1-2H3,(H,16,19). The molecule has 1 aromatic heterocycles. The van der Waals surface area contributed by atoms with Gasteiger partial charge >= 0.3 is 0 Å². The van der Waals surface area contributed by atoms with E-state index in [1.807, 2.05) is 38.1 Å². The van der Waals surface area contributed by atoms with Gasteiger partial charge in [0.2, 0.25) is 0 Å². The Morgan fingerprint density at radius 2 is 2.05 bits per heavy atom. The molecule has 0 atom stereocenters. The summed E-state index contributed by atoms with van der Waals surface area (Å²) in [7, 11) is 0. The third-order valence-corrected chi connectivity index (χ3v) is 3.06. The number of nitrogens with one attached hydrogen (secondary N) is 1. The monoisotopic (exact) mass is 274 g/mol. The lowest BCUT2D eigenvalue weighted by atomic mass is 10.1. The lowest BCUT2D eigenvalue weighted by Crippen LogP contribution is -2.23. The maximum absolute atomic E-state index is 12.0. The minimum absolute atomic E-state index is 0.0481. The molecule has 0 aliphatic carbocycles. The molecule has 0 aliphatic rings. The van der Waals surface area contributed by atoms with Crippen LogP contribution in [-0.2, 0) is 13.2 Å². The van der Waals surface area contributed by atoms with E-state index in [-0.39, 0.29) is 24.1 Å². The molecule has 106 valence electrons. The highest BCUT2D eigenvalue weighted by atomic mass is 16.5. The van der Waals surface area contributed by atoms with Crippen LogP contribution in [0.25, 0.3) is 0 Å². The average molecular weight is 274 g/mol. The van der Waals surface area contributed by atoms with Gasteiger partial charge in [0, 0.05) is 18.5 Å². The summed E-state index contributed by atoms with van der Waals surface area (Å²) < 4.78 is 5.09. The van der Waals surface area contributed by atoms with Gasteiger partial charge in [0.05, 0.1) is 6.61 Å². The van der Waals surface area contributed by atoms with Crippen molar-refractivity contribution in [2.45, 2.75) is 32.9 Å². The van der Waals surface area contributed by atoms with Crippen LogP contribution < -0.4 is 5.32 Å². The van der Waals surface area contributed by atoms with Gasteiger partial charge in [-0.15, -0.1) is 0 Å². The van der Waals surface area contributed by atoms with E-state index >= 15 is 0 Å². The first-order valence-electron chi connectivity index (χ1n) is 6.54. The van der Waals surface area contributed by atoms with Crippen LogP contribution >= 0.6 is 0 Å². The summed E-state index contributed by atoms with van der Waals surface area (Å²) >= 11 is 0. The summed E-state index contributed by atoms with van der Waals surface area (Å²) in [4.78, 5) is 12.0. The van der Waals surface area contributed by atoms with Crippen molar-refractivity contribution >= 4 is 5.91 Å². The third-order valence-electron chi connectivity index (χ3n) is 3.06. The molecule has 0 saturated carbocycles. The van der Waals surface area contributed by atoms with E-state index in [4.69, 9.17) is 4.52 Å². The second-order valence-electron chi connectivity index (χ2n) is 4.88. The number of carbonyl (C=O) groups excluding carboxylic acids is 1. The number of nitrogens with zero attached hydrogens (tertiary/aromatic N) is 1. The zero-order valence-electron chi connectivity index (χ0n) is 11.6. The molecule has 0 aliphatic heterocycles. The first-order valence-corrected chi connectivity index (χ1v) is 6.54. The number of aliphatic hydroxyl groups excluding tert-OH is 1. The van der Waals surface area contributed by atoms with Gasteiger partial charge < -0.3 is 14.9 Å². The fourth-order valence-corrected chi connectivity index (χ4v) is 1.82. The van der Waals surface area contributed by atoms with Gasteiger partial charge in [-0.3, -0.25) is 4.79 Å². The summed E-state index contributed by atoms with van der Waals surface area (Å²) in [6.07, 6.45) is 0. The largest absolute Gasteiger partial charge is 0.392 e. The summed E-state index contributed by atoms with van der Waals surface area (Å²) in [6.45, 7) is 4.24. The van der Waals surface area contributed by atoms with Gasteiger partial charge in [0.1, 0.15) is 5.76 Å². The van der Waals surface area contributed by atoms with Crippen molar-refractivity contribution in [2.75, 3.05) is 0 Å². The second-order valence-corrected chi connectivity index (χ2v) is 4.88. The molecule has 0 radical (unpaired) electrons. The van der Waals surface area contributed by atoms with Crippen LogP contribution in [-0.4, -0.2) is 16.2 Å². The van der Waals surface area contributed by atoms with Crippen LogP contribution in [0.2, 0.25) is 0 Å². The van der Waals surface area contributed by atoms with Gasteiger partial charge in [-0.2, -0.15) is 0 Å². The van der Waals surface area contributed by atoms with E-state index in [1.165, 1.54) is 0 Å². The Balaban J connectivity index is 2.01. The molecule has 1 amide bonds. The van der Waals surface area contributed by atoms with Gasteiger partial charge in [0.15, 0.2) is 5.69 Å². The molecule has 2 N–H and O–H groups in total. The maximum atomic E-state index is 12.0. The Morgan fingerprint density at radius 1 is 1.35 bits per heavy atom. The Labute approximate surface area is 117 Å². The fraction of sp³-hybridized carbons (Fsp3) is 0.333. The van der Waals surface area contributed by atoms with Crippen molar-refractivity contribution in [3.63, 3.8) is 0 Å². The van der Waals surface area contributed by atoms with Crippen LogP contribution in [0.5, 0.6) is 0 Å². The average Bonchev–Trinajstić information content (AvgIpc) is 2.95. The zero-order valence-corrected chi connectivity index (χ0v) is 11.6. The third kappa shape index (κ3) is 3.24. The highest BCUT2D eigenvalue weighted by molar-refractivity contribution is 5.92. The van der Waals surface area contributed by atoms with E-state index in [1.54, 1.807) is 6.07 Å². The van der Waals surface area contributed by atoms with Crippen molar-refractivity contribution in [2.24, 2.45) is 0 Å². The maximum Gasteiger partial charge on any atom is 0.273 e. The van der Waals surface area contributed by atoms with Crippen LogP contribution in [0.4, 0.5) is 0 Å². The molecule has 1 aromatic carbocycles. The molecule has 5 heteroatoms. The first kappa shape index (κ1) is 14.3. The number of hydrogen-bond donors (Lipinski definition) is 2. The van der Waals surface area contributed by atoms with Crippen molar-refractivity contribution in [3.8, 4) is 0 Å². The molecule has 2 aromatic rings. The number of aliphatic hydroxyl groups is 1. The second kappa shape index (κ2) is 6.34. The van der Waals surface area contributed by atoms with Gasteiger partial charge in [0.25, 0.3) is 5.91 Å². The fourth-order valence-electron chi connectivity index (χ4n) is 1.82. The highest BCUT2D eigenvalue weighted by Crippen LogP contribution is 2.15. The normalized spacial score (nSPS) is 10.8. The number of benzene rings is 1. The molecule has 0 unspecified atom stereocenters. The minimum atomic E-state index is -0.284. The molecule has 0 saturated heterocycles. The molecule has 0 fully saturated rings. The molecule has 20 heavy (non-hydrogen) atoms. The Morgan fingerprint density at radius 3 is 2.65 bits per heavy atom. The summed E-state index contributed by atoms with van der Waals surface area (Å²) in [5.74, 6) is 0.596. The molecular formula is C15H18N2O3. The zero-order chi connectivity index (χ0) is 14.5. The number of amides is 1. The highest BCUT2D eigenvalue weighted by Gasteiger charge is 2.14. The van der Waals surface area contributed by atoms with Gasteiger partial charge in [-0.05, 0) is 11.1 Å². The van der Waals surface area contributed by atoms with Crippen molar-refractivity contribution in [1.82, 2.24) is 10.5 Å². The Hall–Kier alpha value is -2.14. The molecule has 5 nitrogen and oxygen atoms in total. The lowest BCUT2D eigenvalue weighted by Gasteiger charge is -2.07. The number of carbonyl (C=O) groups is 1. The summed E-state index contributed by atoms with van der Waals surface area (Å²) in [5, 5.41) is 15.8. The van der Waals surface area contributed by atoms with E-state index in [9.17, 15) is 9.90 Å². The smallest absolute Gasteiger partial charge is 0.273 e. The number of hydrogen-bond acceptors (Lipinski definition) is 4. The van der Waals surface area contributed by atoms with E-state index in [0.29, 0.717) is 12.3 Å². The SMILES string of the molecule is CC(C)c1cc(C(=O)NCc2ccccc2CO)no1. The van der Waals surface area contributed by atoms with Crippen molar-refractivity contribution < 1.29 is 14.4 Å². The summed E-state index contributed by atoms with van der Waals surface area (Å²) in [5.41, 5.74) is 1.96. The van der Waals surface area contributed by atoms with Crippen LogP contribution in [0.3, 0.4) is 0 Å². The predicted octanol–water partition coefficient (Wildman–Crippen LogP) is 2.22. The first-order chi connectivity index (χ1) is 9.61. The topological polar surface area (TPSA) is 75.4 Å². The Kier molecular flexibility index (Phi) is 4.53. The number of rotatable bonds is 5. The van der Waals surface area contributed by atoms with Crippen molar-refractivity contribution in [1.29, 1.82) is 0 Å². The molecule has 0 bridgehead atoms. The van der Waals surface area contributed by atoms with E-state index < -0.39 is 0 Å². The number of aromatic nitrogens is 1. The predicted molar refractivity (Wildman–Crippen MR) is 74.1 cm³/mol. The molecule has 1 heterocycles. The van der Waals surface area contributed by atoms with Crippen LogP contribution in [0.15, 0.2) is 34.9 Å². The Bertz CT molecular complexity index is 590. The van der Waals surface area contributed by atoms with Crippen LogP contribution in [0, 0.1) is 0 Å². The summed E-state index contributed by atoms with van der Waals surface area (Å²) in [6, 6.07) is 9.07. The molecule has 0 spiro atoms. The van der Waals surface area contributed by atoms with E-state index in [0.717, 1.165) is 11.1 Å². The minimum Gasteiger partial charge on any atom is -0.392 e. The van der Waals surface area contributed by atoms with E-state index in [2.05, 4.69) is 10.5 Å². The van der Waals surface area contributed by atoms with Gasteiger partial charge in [-0.25, -0.2) is 0 Å².